The van der Waals surface area contributed by atoms with Crippen LogP contribution in [0, 0.1) is 5.92 Å². The van der Waals surface area contributed by atoms with Gasteiger partial charge in [0.2, 0.25) is 0 Å². The maximum absolute atomic E-state index is 14.0. The minimum Gasteiger partial charge on any atom is -0.490 e. The quantitative estimate of drug-likeness (QED) is 0.358. The molecule has 9 nitrogen and oxygen atoms in total. The number of halogens is 3. The van der Waals surface area contributed by atoms with Crippen LogP contribution in [0.15, 0.2) is 42.5 Å². The number of alkyl halides is 3. The molecule has 232 valence electrons. The van der Waals surface area contributed by atoms with E-state index in [4.69, 9.17) is 9.47 Å². The van der Waals surface area contributed by atoms with E-state index >= 15 is 0 Å². The SMILES string of the molecule is CNC[C@@H]1OCCCC[C@H](C)Oc2ccc(NC(=O)Nc3ccc(C(F)(F)F)cc3)cc2C(=O)N([C@@H](C)CO)C[C@@H]1C. The Balaban J connectivity index is 1.89. The summed E-state index contributed by atoms with van der Waals surface area (Å²) < 4.78 is 50.9. The van der Waals surface area contributed by atoms with E-state index in [-0.39, 0.29) is 47.6 Å². The Morgan fingerprint density at radius 3 is 2.40 bits per heavy atom. The number of anilines is 2. The molecular weight excluding hydrogens is 553 g/mol. The standard InChI is InChI=1S/C30H41F3N4O5/c1-19-17-37(20(2)18-38)28(39)25-15-24(36-29(40)35-23-10-8-22(9-11-23)30(31,32)33)12-13-26(25)42-21(3)7-5-6-14-41-27(19)16-34-4/h8-13,15,19-21,27,34,38H,5-7,14,16-18H2,1-4H3,(H2,35,36,40)/t19-,20-,21-,27-/m0/s1. The molecule has 4 N–H and O–H groups in total. The van der Waals surface area contributed by atoms with E-state index in [1.54, 1.807) is 24.0 Å². The van der Waals surface area contributed by atoms with Crippen LogP contribution in [0.4, 0.5) is 29.3 Å². The number of rotatable bonds is 6. The van der Waals surface area contributed by atoms with E-state index in [0.717, 1.165) is 43.5 Å². The van der Waals surface area contributed by atoms with Gasteiger partial charge in [0.05, 0.1) is 36.0 Å². The van der Waals surface area contributed by atoms with Crippen molar-refractivity contribution in [1.82, 2.24) is 10.2 Å². The number of aliphatic hydroxyl groups excluding tert-OH is 1. The van der Waals surface area contributed by atoms with Crippen molar-refractivity contribution in [2.75, 3.05) is 44.0 Å². The van der Waals surface area contributed by atoms with Crippen molar-refractivity contribution < 1.29 is 37.3 Å². The zero-order valence-electron chi connectivity index (χ0n) is 24.5. The Morgan fingerprint density at radius 2 is 1.76 bits per heavy atom. The number of carbonyl (C=O) groups excluding carboxylic acids is 2. The molecule has 2 aromatic carbocycles. The monoisotopic (exact) mass is 594 g/mol. The summed E-state index contributed by atoms with van der Waals surface area (Å²) in [5.41, 5.74) is -0.163. The van der Waals surface area contributed by atoms with Gasteiger partial charge >= 0.3 is 12.2 Å². The third-order valence-corrected chi connectivity index (χ3v) is 7.18. The maximum atomic E-state index is 14.0. The molecule has 0 fully saturated rings. The second-order valence-corrected chi connectivity index (χ2v) is 10.7. The van der Waals surface area contributed by atoms with Crippen LogP contribution in [-0.2, 0) is 10.9 Å². The molecule has 0 saturated heterocycles. The number of urea groups is 1. The maximum Gasteiger partial charge on any atom is 0.416 e. The third-order valence-electron chi connectivity index (χ3n) is 7.18. The van der Waals surface area contributed by atoms with Crippen LogP contribution in [0.25, 0.3) is 0 Å². The molecule has 1 heterocycles. The summed E-state index contributed by atoms with van der Waals surface area (Å²) >= 11 is 0. The average Bonchev–Trinajstić information content (AvgIpc) is 2.94. The Bertz CT molecular complexity index is 1180. The summed E-state index contributed by atoms with van der Waals surface area (Å²) in [4.78, 5) is 28.3. The number of nitrogens with one attached hydrogen (secondary N) is 3. The van der Waals surface area contributed by atoms with Crippen LogP contribution in [0.1, 0.15) is 56.0 Å². The van der Waals surface area contributed by atoms with Crippen LogP contribution in [0.2, 0.25) is 0 Å². The van der Waals surface area contributed by atoms with Crippen LogP contribution in [0.3, 0.4) is 0 Å². The number of amides is 3. The van der Waals surface area contributed by atoms with Gasteiger partial charge in [-0.3, -0.25) is 4.79 Å². The summed E-state index contributed by atoms with van der Waals surface area (Å²) in [7, 11) is 1.85. The Labute approximate surface area is 244 Å². The topological polar surface area (TPSA) is 112 Å². The number of hydrogen-bond acceptors (Lipinski definition) is 6. The molecule has 0 radical (unpaired) electrons. The lowest BCUT2D eigenvalue weighted by Gasteiger charge is -2.34. The largest absolute Gasteiger partial charge is 0.490 e. The first-order valence-electron chi connectivity index (χ1n) is 14.2. The van der Waals surface area contributed by atoms with Gasteiger partial charge in [-0.1, -0.05) is 6.92 Å². The first-order chi connectivity index (χ1) is 19.9. The van der Waals surface area contributed by atoms with Crippen LogP contribution in [0.5, 0.6) is 5.75 Å². The van der Waals surface area contributed by atoms with Gasteiger partial charge in [0.15, 0.2) is 0 Å². The third kappa shape index (κ3) is 9.33. The summed E-state index contributed by atoms with van der Waals surface area (Å²) in [5, 5.41) is 18.3. The second kappa shape index (κ2) is 15.2. The molecule has 0 aliphatic carbocycles. The lowest BCUT2D eigenvalue weighted by Crippen LogP contribution is -2.47. The zero-order valence-corrected chi connectivity index (χ0v) is 24.5. The van der Waals surface area contributed by atoms with Gasteiger partial charge in [-0.15, -0.1) is 0 Å². The summed E-state index contributed by atoms with van der Waals surface area (Å²) in [6.07, 6.45) is -2.34. The van der Waals surface area contributed by atoms with Crippen molar-refractivity contribution in [3.63, 3.8) is 0 Å². The van der Waals surface area contributed by atoms with Gasteiger partial charge in [-0.2, -0.15) is 13.2 Å². The van der Waals surface area contributed by atoms with E-state index in [9.17, 15) is 27.9 Å². The molecule has 3 amide bonds. The first-order valence-corrected chi connectivity index (χ1v) is 14.2. The minimum absolute atomic E-state index is 0.0579. The Hall–Kier alpha value is -3.35. The number of nitrogens with zero attached hydrogens (tertiary/aromatic N) is 1. The molecule has 0 saturated carbocycles. The Morgan fingerprint density at radius 1 is 1.10 bits per heavy atom. The van der Waals surface area contributed by atoms with Crippen LogP contribution < -0.4 is 20.7 Å². The van der Waals surface area contributed by atoms with Crippen molar-refractivity contribution in [2.24, 2.45) is 5.92 Å². The van der Waals surface area contributed by atoms with Crippen molar-refractivity contribution >= 4 is 23.3 Å². The fraction of sp³-hybridized carbons (Fsp3) is 0.533. The zero-order chi connectivity index (χ0) is 30.9. The van der Waals surface area contributed by atoms with E-state index in [0.29, 0.717) is 25.4 Å². The predicted molar refractivity (Wildman–Crippen MR) is 155 cm³/mol. The molecule has 1 aliphatic heterocycles. The Kier molecular flexibility index (Phi) is 12.0. The lowest BCUT2D eigenvalue weighted by atomic mass is 10.0. The van der Waals surface area contributed by atoms with E-state index in [2.05, 4.69) is 16.0 Å². The molecule has 1 aliphatic rings. The highest BCUT2D eigenvalue weighted by Crippen LogP contribution is 2.31. The highest BCUT2D eigenvalue weighted by atomic mass is 19.4. The van der Waals surface area contributed by atoms with E-state index in [1.807, 2.05) is 20.9 Å². The van der Waals surface area contributed by atoms with Gasteiger partial charge in [-0.25, -0.2) is 4.79 Å². The number of likely N-dealkylation sites (N-methyl/N-ethyl adjacent to an activating group) is 1. The molecule has 2 aromatic rings. The molecular formula is C30H41F3N4O5. The molecule has 12 heteroatoms. The summed E-state index contributed by atoms with van der Waals surface area (Å²) in [6.45, 7) is 6.93. The van der Waals surface area contributed by atoms with Gasteiger partial charge in [0, 0.05) is 37.0 Å². The number of ether oxygens (including phenoxy) is 2. The van der Waals surface area contributed by atoms with E-state index < -0.39 is 23.8 Å². The minimum atomic E-state index is -4.48. The number of aliphatic hydroxyl groups is 1. The highest BCUT2D eigenvalue weighted by molar-refractivity contribution is 6.02. The average molecular weight is 595 g/mol. The smallest absolute Gasteiger partial charge is 0.416 e. The van der Waals surface area contributed by atoms with Crippen molar-refractivity contribution in [3.8, 4) is 5.75 Å². The van der Waals surface area contributed by atoms with Crippen molar-refractivity contribution in [2.45, 2.75) is 64.5 Å². The predicted octanol–water partition coefficient (Wildman–Crippen LogP) is 5.36. The molecule has 0 unspecified atom stereocenters. The highest BCUT2D eigenvalue weighted by Gasteiger charge is 2.31. The van der Waals surface area contributed by atoms with Gasteiger partial charge < -0.3 is 35.4 Å². The normalized spacial score (nSPS) is 21.5. The number of carbonyl (C=O) groups is 2. The van der Waals surface area contributed by atoms with Gasteiger partial charge in [0.25, 0.3) is 5.91 Å². The number of benzene rings is 2. The molecule has 4 atom stereocenters. The van der Waals surface area contributed by atoms with Gasteiger partial charge in [0.1, 0.15) is 5.75 Å². The second-order valence-electron chi connectivity index (χ2n) is 10.7. The van der Waals surface area contributed by atoms with Crippen LogP contribution in [-0.4, -0.2) is 73.5 Å². The molecule has 0 bridgehead atoms. The summed E-state index contributed by atoms with van der Waals surface area (Å²) in [6, 6.07) is 7.58. The van der Waals surface area contributed by atoms with Crippen molar-refractivity contribution in [1.29, 1.82) is 0 Å². The van der Waals surface area contributed by atoms with Crippen LogP contribution >= 0.6 is 0 Å². The van der Waals surface area contributed by atoms with E-state index in [1.165, 1.54) is 6.07 Å². The number of hydrogen-bond donors (Lipinski definition) is 4. The number of fused-ring (bicyclic) bond motifs is 1. The van der Waals surface area contributed by atoms with Gasteiger partial charge in [-0.05, 0) is 82.6 Å². The molecule has 42 heavy (non-hydrogen) atoms. The first kappa shape index (κ1) is 33.2. The molecule has 0 spiro atoms. The molecule has 3 rings (SSSR count). The fourth-order valence-electron chi connectivity index (χ4n) is 4.73. The molecule has 0 aromatic heterocycles. The summed E-state index contributed by atoms with van der Waals surface area (Å²) in [5.74, 6) is -0.0841. The van der Waals surface area contributed by atoms with Crippen molar-refractivity contribution in [3.05, 3.63) is 53.6 Å². The lowest BCUT2D eigenvalue weighted by molar-refractivity contribution is -0.137. The fourth-order valence-corrected chi connectivity index (χ4v) is 4.73.